The minimum Gasteiger partial charge on any atom is -0.338 e. The van der Waals surface area contributed by atoms with Crippen LogP contribution >= 0.6 is 0 Å². The summed E-state index contributed by atoms with van der Waals surface area (Å²) < 4.78 is 32.5. The summed E-state index contributed by atoms with van der Waals surface area (Å²) in [5, 5.41) is 6.91. The van der Waals surface area contributed by atoms with Crippen LogP contribution in [0.15, 0.2) is 57.9 Å². The van der Waals surface area contributed by atoms with Crippen molar-refractivity contribution in [3.8, 4) is 11.4 Å². The maximum absolute atomic E-state index is 12.4. The average molecular weight is 469 g/mol. The Hall–Kier alpha value is -3.04. The van der Waals surface area contributed by atoms with Crippen LogP contribution in [0.3, 0.4) is 0 Å². The van der Waals surface area contributed by atoms with Crippen molar-refractivity contribution in [2.45, 2.75) is 62.8 Å². The second kappa shape index (κ2) is 9.07. The summed E-state index contributed by atoms with van der Waals surface area (Å²) in [7, 11) is -3.46. The number of carbonyl (C=O) groups is 1. The summed E-state index contributed by atoms with van der Waals surface area (Å²) in [6, 6.07) is 14.0. The highest BCUT2D eigenvalue weighted by Crippen LogP contribution is 2.25. The average Bonchev–Trinajstić information content (AvgIpc) is 3.41. The fourth-order valence-electron chi connectivity index (χ4n) is 3.15. The van der Waals surface area contributed by atoms with Gasteiger partial charge in [-0.05, 0) is 61.2 Å². The molecule has 8 nitrogen and oxygen atoms in total. The Balaban J connectivity index is 1.29. The van der Waals surface area contributed by atoms with Crippen molar-refractivity contribution in [2.24, 2.45) is 0 Å². The molecular formula is C24H28N4O4S. The van der Waals surface area contributed by atoms with Gasteiger partial charge in [0.2, 0.25) is 27.6 Å². The third-order valence-electron chi connectivity index (χ3n) is 5.27. The molecule has 33 heavy (non-hydrogen) atoms. The van der Waals surface area contributed by atoms with Crippen molar-refractivity contribution >= 4 is 21.6 Å². The van der Waals surface area contributed by atoms with Crippen LogP contribution in [0.2, 0.25) is 0 Å². The fourth-order valence-corrected chi connectivity index (χ4v) is 4.46. The van der Waals surface area contributed by atoms with Crippen LogP contribution < -0.4 is 10.0 Å². The predicted molar refractivity (Wildman–Crippen MR) is 125 cm³/mol. The van der Waals surface area contributed by atoms with Gasteiger partial charge < -0.3 is 9.84 Å². The SMILES string of the molecule is CC(C)(C)c1nc(-c2ccc(NC(=O)CCc3ccc(S(=O)(=O)NC4CC4)cc3)cc2)no1. The molecule has 174 valence electrons. The van der Waals surface area contributed by atoms with E-state index in [1.807, 2.05) is 32.9 Å². The molecule has 2 N–H and O–H groups in total. The topological polar surface area (TPSA) is 114 Å². The summed E-state index contributed by atoms with van der Waals surface area (Å²) >= 11 is 0. The van der Waals surface area contributed by atoms with E-state index < -0.39 is 10.0 Å². The molecule has 0 bridgehead atoms. The van der Waals surface area contributed by atoms with E-state index in [0.717, 1.165) is 24.0 Å². The Morgan fingerprint density at radius 3 is 2.30 bits per heavy atom. The van der Waals surface area contributed by atoms with Crippen molar-refractivity contribution in [3.63, 3.8) is 0 Å². The van der Waals surface area contributed by atoms with Gasteiger partial charge in [-0.1, -0.05) is 38.1 Å². The first-order valence-corrected chi connectivity index (χ1v) is 12.4. The molecule has 0 radical (unpaired) electrons. The van der Waals surface area contributed by atoms with E-state index in [1.165, 1.54) is 0 Å². The summed E-state index contributed by atoms with van der Waals surface area (Å²) in [5.41, 5.74) is 2.16. The lowest BCUT2D eigenvalue weighted by Gasteiger charge is -2.10. The zero-order chi connectivity index (χ0) is 23.6. The van der Waals surface area contributed by atoms with Gasteiger partial charge in [0.25, 0.3) is 0 Å². The molecule has 2 aromatic carbocycles. The molecule has 0 spiro atoms. The molecule has 0 aliphatic heterocycles. The van der Waals surface area contributed by atoms with Gasteiger partial charge in [-0.3, -0.25) is 4.79 Å². The lowest BCUT2D eigenvalue weighted by Crippen LogP contribution is -2.25. The van der Waals surface area contributed by atoms with Gasteiger partial charge in [-0.25, -0.2) is 13.1 Å². The van der Waals surface area contributed by atoms with Crippen molar-refractivity contribution in [1.82, 2.24) is 14.9 Å². The van der Waals surface area contributed by atoms with Crippen LogP contribution in [0.1, 0.15) is 51.5 Å². The van der Waals surface area contributed by atoms with Gasteiger partial charge in [0.15, 0.2) is 0 Å². The number of nitrogens with one attached hydrogen (secondary N) is 2. The summed E-state index contributed by atoms with van der Waals surface area (Å²) in [4.78, 5) is 17.0. The number of sulfonamides is 1. The second-order valence-corrected chi connectivity index (χ2v) is 11.1. The third kappa shape index (κ3) is 6.06. The number of amides is 1. The van der Waals surface area contributed by atoms with Crippen LogP contribution in [0.5, 0.6) is 0 Å². The number of hydrogen-bond acceptors (Lipinski definition) is 6. The van der Waals surface area contributed by atoms with Crippen LogP contribution in [0.25, 0.3) is 11.4 Å². The van der Waals surface area contributed by atoms with E-state index >= 15 is 0 Å². The molecule has 0 atom stereocenters. The first-order valence-electron chi connectivity index (χ1n) is 11.0. The fraction of sp³-hybridized carbons (Fsp3) is 0.375. The summed E-state index contributed by atoms with van der Waals surface area (Å²) in [5.74, 6) is 0.958. The third-order valence-corrected chi connectivity index (χ3v) is 6.80. The first kappa shape index (κ1) is 23.1. The largest absolute Gasteiger partial charge is 0.338 e. The molecule has 1 aliphatic rings. The molecule has 1 fully saturated rings. The molecule has 1 aliphatic carbocycles. The van der Waals surface area contributed by atoms with E-state index in [4.69, 9.17) is 4.52 Å². The number of carbonyl (C=O) groups excluding carboxylic acids is 1. The predicted octanol–water partition coefficient (Wildman–Crippen LogP) is 4.05. The van der Waals surface area contributed by atoms with Crippen molar-refractivity contribution in [1.29, 1.82) is 0 Å². The Labute approximate surface area is 193 Å². The molecule has 0 saturated heterocycles. The Morgan fingerprint density at radius 1 is 1.06 bits per heavy atom. The number of aryl methyl sites for hydroxylation is 1. The monoisotopic (exact) mass is 468 g/mol. The van der Waals surface area contributed by atoms with Gasteiger partial charge >= 0.3 is 0 Å². The molecule has 1 amide bonds. The molecule has 3 aromatic rings. The zero-order valence-electron chi connectivity index (χ0n) is 19.0. The minimum absolute atomic E-state index is 0.0700. The highest BCUT2D eigenvalue weighted by molar-refractivity contribution is 7.89. The number of rotatable bonds is 8. The number of nitrogens with zero attached hydrogens (tertiary/aromatic N) is 2. The number of hydrogen-bond donors (Lipinski definition) is 2. The molecule has 0 unspecified atom stereocenters. The van der Waals surface area contributed by atoms with E-state index in [2.05, 4.69) is 20.2 Å². The maximum atomic E-state index is 12.4. The van der Waals surface area contributed by atoms with Crippen LogP contribution in [-0.2, 0) is 26.7 Å². The summed E-state index contributed by atoms with van der Waals surface area (Å²) in [6.07, 6.45) is 2.58. The summed E-state index contributed by atoms with van der Waals surface area (Å²) in [6.45, 7) is 6.02. The number of anilines is 1. The molecule has 1 aromatic heterocycles. The molecule has 1 heterocycles. The molecule has 1 saturated carbocycles. The van der Waals surface area contributed by atoms with Crippen LogP contribution in [0, 0.1) is 0 Å². The minimum atomic E-state index is -3.46. The van der Waals surface area contributed by atoms with E-state index in [9.17, 15) is 13.2 Å². The van der Waals surface area contributed by atoms with Gasteiger partial charge in [-0.15, -0.1) is 0 Å². The highest BCUT2D eigenvalue weighted by atomic mass is 32.2. The second-order valence-electron chi connectivity index (χ2n) is 9.34. The number of benzene rings is 2. The van der Waals surface area contributed by atoms with Gasteiger partial charge in [0.05, 0.1) is 4.90 Å². The molecule has 9 heteroatoms. The highest BCUT2D eigenvalue weighted by Gasteiger charge is 2.27. The van der Waals surface area contributed by atoms with E-state index in [0.29, 0.717) is 23.8 Å². The zero-order valence-corrected chi connectivity index (χ0v) is 19.8. The lowest BCUT2D eigenvalue weighted by molar-refractivity contribution is -0.116. The van der Waals surface area contributed by atoms with E-state index in [-0.39, 0.29) is 28.7 Å². The maximum Gasteiger partial charge on any atom is 0.240 e. The van der Waals surface area contributed by atoms with Crippen LogP contribution in [-0.4, -0.2) is 30.5 Å². The quantitative estimate of drug-likeness (QED) is 0.516. The van der Waals surface area contributed by atoms with Gasteiger partial charge in [-0.2, -0.15) is 4.98 Å². The molecule has 4 rings (SSSR count). The Morgan fingerprint density at radius 2 is 1.73 bits per heavy atom. The van der Waals surface area contributed by atoms with Gasteiger partial charge in [0, 0.05) is 29.1 Å². The number of aromatic nitrogens is 2. The van der Waals surface area contributed by atoms with Crippen LogP contribution in [0.4, 0.5) is 5.69 Å². The smallest absolute Gasteiger partial charge is 0.240 e. The molecular weight excluding hydrogens is 440 g/mol. The van der Waals surface area contributed by atoms with E-state index in [1.54, 1.807) is 36.4 Å². The van der Waals surface area contributed by atoms with Crippen molar-refractivity contribution < 1.29 is 17.7 Å². The Kier molecular flexibility index (Phi) is 6.36. The Bertz CT molecular complexity index is 1220. The standard InChI is InChI=1S/C24H28N4O4S/c1-24(2,3)23-26-22(27-32-23)17-7-9-18(10-8-17)25-21(29)15-6-16-4-13-20(14-5-16)33(30,31)28-19-11-12-19/h4-5,7-10,13-14,19,28H,6,11-12,15H2,1-3H3,(H,25,29). The van der Waals surface area contributed by atoms with Gasteiger partial charge in [0.1, 0.15) is 0 Å². The first-order chi connectivity index (χ1) is 15.6. The van der Waals surface area contributed by atoms with Crippen molar-refractivity contribution in [3.05, 3.63) is 60.0 Å². The normalized spacial score (nSPS) is 14.3. The lowest BCUT2D eigenvalue weighted by atomic mass is 9.97. The van der Waals surface area contributed by atoms with Crippen molar-refractivity contribution in [2.75, 3.05) is 5.32 Å².